The molecule has 0 radical (unpaired) electrons. The minimum Gasteiger partial charge on any atom is -0.465 e. The van der Waals surface area contributed by atoms with Crippen molar-refractivity contribution in [2.24, 2.45) is 5.73 Å². The Hall–Kier alpha value is -2.60. The van der Waals surface area contributed by atoms with E-state index in [0.717, 1.165) is 42.9 Å². The van der Waals surface area contributed by atoms with E-state index in [-0.39, 0.29) is 11.1 Å². The van der Waals surface area contributed by atoms with Gasteiger partial charge in [0.05, 0.1) is 23.4 Å². The van der Waals surface area contributed by atoms with Crippen molar-refractivity contribution in [3.05, 3.63) is 60.2 Å². The maximum atomic E-state index is 13.2. The maximum absolute atomic E-state index is 13.2. The number of thiocarbonyl (C=S) groups is 1. The quantitative estimate of drug-likeness (QED) is 0.404. The first-order valence-corrected chi connectivity index (χ1v) is 10.6. The molecule has 3 N–H and O–H groups in total. The minimum atomic E-state index is -0.600. The van der Waals surface area contributed by atoms with E-state index in [4.69, 9.17) is 22.7 Å². The van der Waals surface area contributed by atoms with Crippen LogP contribution in [0, 0.1) is 0 Å². The number of carbonyl (C=O) groups is 1. The molecule has 0 amide bonds. The van der Waals surface area contributed by atoms with Crippen LogP contribution < -0.4 is 16.0 Å². The number of unbranched alkanes of at least 4 members (excludes halogenated alkanes) is 1. The molecule has 0 saturated carbocycles. The van der Waals surface area contributed by atoms with E-state index in [2.05, 4.69) is 23.2 Å². The van der Waals surface area contributed by atoms with E-state index in [9.17, 15) is 4.79 Å². The van der Waals surface area contributed by atoms with Crippen molar-refractivity contribution >= 4 is 34.7 Å². The number of esters is 1. The zero-order valence-corrected chi connectivity index (χ0v) is 17.7. The number of hydrogen-bond donors (Lipinski definition) is 2. The summed E-state index contributed by atoms with van der Waals surface area (Å²) in [7, 11) is 0. The fourth-order valence-electron chi connectivity index (χ4n) is 3.93. The number of ether oxygens (including phenoxy) is 1. The smallest absolute Gasteiger partial charge is 0.316 e. The molecule has 1 aliphatic rings. The fourth-order valence-corrected chi connectivity index (χ4v) is 4.04. The van der Waals surface area contributed by atoms with Gasteiger partial charge in [-0.3, -0.25) is 4.79 Å². The van der Waals surface area contributed by atoms with Gasteiger partial charge in [-0.1, -0.05) is 55.8 Å². The van der Waals surface area contributed by atoms with Gasteiger partial charge in [0.25, 0.3) is 0 Å². The van der Waals surface area contributed by atoms with E-state index in [1.807, 2.05) is 48.5 Å². The predicted octanol–water partition coefficient (Wildman–Crippen LogP) is 4.22. The average Bonchev–Trinajstić information content (AvgIpc) is 2.74. The van der Waals surface area contributed by atoms with Crippen LogP contribution in [0.5, 0.6) is 0 Å². The summed E-state index contributed by atoms with van der Waals surface area (Å²) in [6, 6.07) is 18.0. The van der Waals surface area contributed by atoms with E-state index < -0.39 is 5.41 Å². The SMILES string of the molecule is CCCCOC(=O)C1(c2ccccc2)CCN(c2ccccc2NC(N)=S)CC1. The van der Waals surface area contributed by atoms with Crippen LogP contribution in [0.25, 0.3) is 0 Å². The Balaban J connectivity index is 1.82. The highest BCUT2D eigenvalue weighted by Crippen LogP contribution is 2.39. The third kappa shape index (κ3) is 4.88. The number of hydrogen-bond acceptors (Lipinski definition) is 4. The minimum absolute atomic E-state index is 0.105. The second-order valence-corrected chi connectivity index (χ2v) is 7.87. The lowest BCUT2D eigenvalue weighted by Crippen LogP contribution is -2.48. The van der Waals surface area contributed by atoms with E-state index in [1.54, 1.807) is 0 Å². The Morgan fingerprint density at radius 1 is 1.14 bits per heavy atom. The molecular formula is C23H29N3O2S. The van der Waals surface area contributed by atoms with Gasteiger partial charge in [0.15, 0.2) is 5.11 Å². The first-order valence-electron chi connectivity index (χ1n) is 10.2. The van der Waals surface area contributed by atoms with Crippen molar-refractivity contribution in [3.63, 3.8) is 0 Å². The van der Waals surface area contributed by atoms with Crippen LogP contribution in [0.4, 0.5) is 11.4 Å². The summed E-state index contributed by atoms with van der Waals surface area (Å²) in [6.07, 6.45) is 3.29. The molecule has 3 rings (SSSR count). The van der Waals surface area contributed by atoms with Crippen molar-refractivity contribution in [2.75, 3.05) is 29.9 Å². The molecule has 1 heterocycles. The summed E-state index contributed by atoms with van der Waals surface area (Å²) in [4.78, 5) is 15.4. The number of nitrogens with zero attached hydrogens (tertiary/aromatic N) is 1. The number of benzene rings is 2. The summed E-state index contributed by atoms with van der Waals surface area (Å²) >= 11 is 5.01. The third-order valence-electron chi connectivity index (χ3n) is 5.57. The molecule has 1 saturated heterocycles. The fraction of sp³-hybridized carbons (Fsp3) is 0.391. The van der Waals surface area contributed by atoms with Gasteiger partial charge in [0, 0.05) is 13.1 Å². The molecule has 0 aliphatic carbocycles. The molecule has 2 aromatic carbocycles. The zero-order chi connectivity index (χ0) is 20.7. The summed E-state index contributed by atoms with van der Waals surface area (Å²) in [5.41, 5.74) is 8.05. The molecule has 0 unspecified atom stereocenters. The van der Waals surface area contributed by atoms with Crippen LogP contribution in [-0.4, -0.2) is 30.8 Å². The summed E-state index contributed by atoms with van der Waals surface area (Å²) in [5.74, 6) is -0.105. The van der Waals surface area contributed by atoms with Crippen LogP contribution in [0.2, 0.25) is 0 Å². The Morgan fingerprint density at radius 2 is 1.79 bits per heavy atom. The van der Waals surface area contributed by atoms with Crippen LogP contribution in [0.15, 0.2) is 54.6 Å². The van der Waals surface area contributed by atoms with Gasteiger partial charge in [-0.05, 0) is 49.2 Å². The molecule has 0 spiro atoms. The summed E-state index contributed by atoms with van der Waals surface area (Å²) in [6.45, 7) is 4.06. The van der Waals surface area contributed by atoms with Gasteiger partial charge >= 0.3 is 5.97 Å². The highest BCUT2D eigenvalue weighted by molar-refractivity contribution is 7.80. The lowest BCUT2D eigenvalue weighted by Gasteiger charge is -2.41. The second-order valence-electron chi connectivity index (χ2n) is 7.43. The number of nitrogens with two attached hydrogens (primary N) is 1. The van der Waals surface area contributed by atoms with Crippen molar-refractivity contribution in [1.82, 2.24) is 0 Å². The van der Waals surface area contributed by atoms with Crippen molar-refractivity contribution < 1.29 is 9.53 Å². The number of para-hydroxylation sites is 2. The highest BCUT2D eigenvalue weighted by Gasteiger charge is 2.44. The van der Waals surface area contributed by atoms with Crippen LogP contribution in [0.1, 0.15) is 38.2 Å². The normalized spacial score (nSPS) is 15.6. The van der Waals surface area contributed by atoms with E-state index in [0.29, 0.717) is 19.4 Å². The number of carbonyl (C=O) groups excluding carboxylic acids is 1. The first kappa shape index (κ1) is 21.1. The second kappa shape index (κ2) is 9.74. The molecule has 2 aromatic rings. The van der Waals surface area contributed by atoms with Gasteiger partial charge in [0.1, 0.15) is 0 Å². The zero-order valence-electron chi connectivity index (χ0n) is 16.9. The van der Waals surface area contributed by atoms with Gasteiger partial charge in [-0.2, -0.15) is 0 Å². The number of piperidine rings is 1. The molecule has 29 heavy (non-hydrogen) atoms. The summed E-state index contributed by atoms with van der Waals surface area (Å²) in [5, 5.41) is 3.30. The van der Waals surface area contributed by atoms with Gasteiger partial charge in [-0.25, -0.2) is 0 Å². The van der Waals surface area contributed by atoms with Crippen molar-refractivity contribution in [3.8, 4) is 0 Å². The van der Waals surface area contributed by atoms with Gasteiger partial charge < -0.3 is 20.7 Å². The lowest BCUT2D eigenvalue weighted by atomic mass is 9.72. The lowest BCUT2D eigenvalue weighted by molar-refractivity contribution is -0.151. The molecule has 0 aromatic heterocycles. The molecule has 0 bridgehead atoms. The number of rotatable bonds is 7. The Labute approximate surface area is 178 Å². The van der Waals surface area contributed by atoms with Crippen LogP contribution in [0.3, 0.4) is 0 Å². The third-order valence-corrected chi connectivity index (χ3v) is 5.67. The van der Waals surface area contributed by atoms with Crippen molar-refractivity contribution in [1.29, 1.82) is 0 Å². The largest absolute Gasteiger partial charge is 0.465 e. The maximum Gasteiger partial charge on any atom is 0.316 e. The molecule has 5 nitrogen and oxygen atoms in total. The topological polar surface area (TPSA) is 67.6 Å². The molecule has 154 valence electrons. The molecule has 1 fully saturated rings. The summed E-state index contributed by atoms with van der Waals surface area (Å²) < 4.78 is 5.69. The first-order chi connectivity index (χ1) is 14.1. The Bertz CT molecular complexity index is 833. The van der Waals surface area contributed by atoms with Crippen LogP contribution in [-0.2, 0) is 14.9 Å². The average molecular weight is 412 g/mol. The highest BCUT2D eigenvalue weighted by atomic mass is 32.1. The van der Waals surface area contributed by atoms with Crippen LogP contribution >= 0.6 is 12.2 Å². The number of nitrogens with one attached hydrogen (secondary N) is 1. The standard InChI is InChI=1S/C23H29N3O2S/c1-2-3-17-28-21(27)23(18-9-5-4-6-10-18)13-15-26(16-14-23)20-12-8-7-11-19(20)25-22(24)29/h4-12H,2-3,13-17H2,1H3,(H3,24,25,29). The Morgan fingerprint density at radius 3 is 2.45 bits per heavy atom. The monoisotopic (exact) mass is 411 g/mol. The number of anilines is 2. The molecular weight excluding hydrogens is 382 g/mol. The molecule has 1 aliphatic heterocycles. The van der Waals surface area contributed by atoms with Gasteiger partial charge in [0.2, 0.25) is 0 Å². The van der Waals surface area contributed by atoms with E-state index in [1.165, 1.54) is 0 Å². The van der Waals surface area contributed by atoms with Crippen molar-refractivity contribution in [2.45, 2.75) is 38.0 Å². The molecule has 6 heteroatoms. The van der Waals surface area contributed by atoms with Gasteiger partial charge in [-0.15, -0.1) is 0 Å². The Kier molecular flexibility index (Phi) is 7.09. The van der Waals surface area contributed by atoms with E-state index >= 15 is 0 Å². The molecule has 0 atom stereocenters. The predicted molar refractivity (Wildman–Crippen MR) is 122 cm³/mol.